The van der Waals surface area contributed by atoms with Crippen molar-refractivity contribution in [2.75, 3.05) is 0 Å². The van der Waals surface area contributed by atoms with Crippen LogP contribution in [-0.2, 0) is 12.3 Å². The molecule has 5 nitrogen and oxygen atoms in total. The van der Waals surface area contributed by atoms with Crippen LogP contribution in [0.1, 0.15) is 17.0 Å². The molecule has 0 fully saturated rings. The van der Waals surface area contributed by atoms with Gasteiger partial charge in [-0.1, -0.05) is 47.3 Å². The Morgan fingerprint density at radius 1 is 1.04 bits per heavy atom. The smallest absolute Gasteiger partial charge is 0.192 e. The number of hydrogen-bond acceptors (Lipinski definition) is 5. The number of benzene rings is 2. The molecule has 0 spiro atoms. The summed E-state index contributed by atoms with van der Waals surface area (Å²) in [6.07, 6.45) is 0. The molecule has 0 aliphatic carbocycles. The van der Waals surface area contributed by atoms with Crippen LogP contribution in [0.2, 0.25) is 0 Å². The Labute approximate surface area is 160 Å². The van der Waals surface area contributed by atoms with Crippen molar-refractivity contribution < 1.29 is 8.91 Å². The van der Waals surface area contributed by atoms with Crippen LogP contribution >= 0.6 is 11.8 Å². The molecule has 0 aliphatic rings. The molecule has 0 saturated heterocycles. The minimum absolute atomic E-state index is 0.274. The van der Waals surface area contributed by atoms with Gasteiger partial charge in [-0.05, 0) is 36.8 Å². The lowest BCUT2D eigenvalue weighted by Crippen LogP contribution is -2.04. The Hall–Kier alpha value is -2.93. The molecule has 0 amide bonds. The molecule has 2 aromatic carbocycles. The highest BCUT2D eigenvalue weighted by Crippen LogP contribution is 2.27. The molecule has 0 atom stereocenters. The lowest BCUT2D eigenvalue weighted by molar-refractivity contribution is 0.393. The fourth-order valence-corrected chi connectivity index (χ4v) is 3.56. The molecule has 0 N–H and O–H groups in total. The van der Waals surface area contributed by atoms with Gasteiger partial charge in [0.15, 0.2) is 11.0 Å². The van der Waals surface area contributed by atoms with Crippen molar-refractivity contribution in [3.05, 3.63) is 83.5 Å². The number of nitrogens with zero attached hydrogens (tertiary/aromatic N) is 4. The van der Waals surface area contributed by atoms with Gasteiger partial charge >= 0.3 is 0 Å². The van der Waals surface area contributed by atoms with Crippen molar-refractivity contribution in [3.63, 3.8) is 0 Å². The normalized spacial score (nSPS) is 11.0. The zero-order valence-corrected chi connectivity index (χ0v) is 15.5. The zero-order chi connectivity index (χ0) is 18.6. The van der Waals surface area contributed by atoms with E-state index in [1.807, 2.05) is 35.8 Å². The lowest BCUT2D eigenvalue weighted by atomic mass is 10.2. The zero-order valence-electron chi connectivity index (χ0n) is 14.7. The first-order valence-electron chi connectivity index (χ1n) is 8.47. The third-order valence-corrected chi connectivity index (χ3v) is 5.03. The molecular formula is C20H17FN4OS. The largest absolute Gasteiger partial charge is 0.361 e. The predicted octanol–water partition coefficient (Wildman–Crippen LogP) is 4.72. The molecule has 2 heterocycles. The summed E-state index contributed by atoms with van der Waals surface area (Å²) in [6, 6.07) is 18.3. The van der Waals surface area contributed by atoms with Crippen LogP contribution in [0.3, 0.4) is 0 Å². The SMILES string of the molecule is Cc1cc(CSc2nnc(-c3ccc(F)cc3)n2Cc2ccccc2)no1. The summed E-state index contributed by atoms with van der Waals surface area (Å²) >= 11 is 1.54. The monoisotopic (exact) mass is 380 g/mol. The van der Waals surface area contributed by atoms with E-state index in [2.05, 4.69) is 27.5 Å². The second-order valence-corrected chi connectivity index (χ2v) is 7.04. The van der Waals surface area contributed by atoms with Crippen LogP contribution < -0.4 is 0 Å². The van der Waals surface area contributed by atoms with Crippen LogP contribution in [0.5, 0.6) is 0 Å². The van der Waals surface area contributed by atoms with Gasteiger partial charge in [0.05, 0.1) is 12.2 Å². The maximum absolute atomic E-state index is 13.3. The molecule has 0 saturated carbocycles. The topological polar surface area (TPSA) is 56.7 Å². The standard InChI is InChI=1S/C20H17FN4OS/c1-14-11-18(24-26-14)13-27-20-23-22-19(16-7-9-17(21)10-8-16)25(20)12-15-5-3-2-4-6-15/h2-11H,12-13H2,1H3. The summed E-state index contributed by atoms with van der Waals surface area (Å²) in [5.74, 6) is 1.85. The minimum Gasteiger partial charge on any atom is -0.361 e. The molecule has 27 heavy (non-hydrogen) atoms. The quantitative estimate of drug-likeness (QED) is 0.453. The van der Waals surface area contributed by atoms with E-state index < -0.39 is 0 Å². The van der Waals surface area contributed by atoms with Crippen molar-refractivity contribution in [3.8, 4) is 11.4 Å². The molecule has 0 bridgehead atoms. The van der Waals surface area contributed by atoms with Crippen LogP contribution in [0.25, 0.3) is 11.4 Å². The van der Waals surface area contributed by atoms with Crippen molar-refractivity contribution in [2.45, 2.75) is 24.4 Å². The van der Waals surface area contributed by atoms with Gasteiger partial charge in [0.25, 0.3) is 0 Å². The molecule has 4 rings (SSSR count). The number of halogens is 1. The summed E-state index contributed by atoms with van der Waals surface area (Å²) in [7, 11) is 0. The Morgan fingerprint density at radius 2 is 1.81 bits per heavy atom. The summed E-state index contributed by atoms with van der Waals surface area (Å²) in [5.41, 5.74) is 2.82. The molecule has 0 aliphatic heterocycles. The van der Waals surface area contributed by atoms with Crippen LogP contribution in [0.4, 0.5) is 4.39 Å². The van der Waals surface area contributed by atoms with E-state index in [9.17, 15) is 4.39 Å². The van der Waals surface area contributed by atoms with Gasteiger partial charge in [-0.2, -0.15) is 0 Å². The molecule has 4 aromatic rings. The number of thioether (sulfide) groups is 1. The average Bonchev–Trinajstić information content (AvgIpc) is 3.28. The van der Waals surface area contributed by atoms with E-state index in [4.69, 9.17) is 4.52 Å². The molecule has 136 valence electrons. The first-order valence-corrected chi connectivity index (χ1v) is 9.45. The Balaban J connectivity index is 1.66. The first-order chi connectivity index (χ1) is 13.2. The van der Waals surface area contributed by atoms with Gasteiger partial charge in [0, 0.05) is 17.4 Å². The fourth-order valence-electron chi connectivity index (χ4n) is 2.74. The lowest BCUT2D eigenvalue weighted by Gasteiger charge is -2.10. The summed E-state index contributed by atoms with van der Waals surface area (Å²) in [5, 5.41) is 13.5. The summed E-state index contributed by atoms with van der Waals surface area (Å²) in [6.45, 7) is 2.49. The first kappa shape index (κ1) is 17.5. The minimum atomic E-state index is -0.274. The van der Waals surface area contributed by atoms with Gasteiger partial charge in [-0.15, -0.1) is 10.2 Å². The number of aryl methyl sites for hydroxylation is 1. The second-order valence-electron chi connectivity index (χ2n) is 6.10. The molecular weight excluding hydrogens is 363 g/mol. The van der Waals surface area contributed by atoms with Gasteiger partial charge in [0.2, 0.25) is 0 Å². The number of rotatable bonds is 6. The highest BCUT2D eigenvalue weighted by Gasteiger charge is 2.16. The van der Waals surface area contributed by atoms with Gasteiger partial charge in [-0.25, -0.2) is 4.39 Å². The Bertz CT molecular complexity index is 1030. The van der Waals surface area contributed by atoms with E-state index in [0.29, 0.717) is 18.1 Å². The molecule has 0 unspecified atom stereocenters. The Morgan fingerprint density at radius 3 is 2.52 bits per heavy atom. The molecule has 0 radical (unpaired) electrons. The summed E-state index contributed by atoms with van der Waals surface area (Å²) < 4.78 is 20.5. The van der Waals surface area contributed by atoms with Crippen molar-refractivity contribution in [1.82, 2.24) is 19.9 Å². The van der Waals surface area contributed by atoms with E-state index in [0.717, 1.165) is 27.7 Å². The van der Waals surface area contributed by atoms with Crippen LogP contribution in [0.15, 0.2) is 70.3 Å². The maximum Gasteiger partial charge on any atom is 0.192 e. The highest BCUT2D eigenvalue weighted by atomic mass is 32.2. The highest BCUT2D eigenvalue weighted by molar-refractivity contribution is 7.98. The van der Waals surface area contributed by atoms with E-state index in [1.54, 1.807) is 23.9 Å². The second kappa shape index (κ2) is 7.75. The molecule has 2 aromatic heterocycles. The maximum atomic E-state index is 13.3. The Kier molecular flexibility index (Phi) is 5.02. The predicted molar refractivity (Wildman–Crippen MR) is 102 cm³/mol. The van der Waals surface area contributed by atoms with E-state index in [1.165, 1.54) is 12.1 Å². The van der Waals surface area contributed by atoms with Crippen molar-refractivity contribution in [1.29, 1.82) is 0 Å². The van der Waals surface area contributed by atoms with Gasteiger partial charge in [-0.3, -0.25) is 4.57 Å². The van der Waals surface area contributed by atoms with Gasteiger partial charge in [0.1, 0.15) is 11.6 Å². The third-order valence-electron chi connectivity index (χ3n) is 4.03. The number of aromatic nitrogens is 4. The van der Waals surface area contributed by atoms with E-state index >= 15 is 0 Å². The number of hydrogen-bond donors (Lipinski definition) is 0. The summed E-state index contributed by atoms with van der Waals surface area (Å²) in [4.78, 5) is 0. The van der Waals surface area contributed by atoms with Crippen LogP contribution in [-0.4, -0.2) is 19.9 Å². The molecule has 7 heteroatoms. The van der Waals surface area contributed by atoms with Crippen molar-refractivity contribution >= 4 is 11.8 Å². The van der Waals surface area contributed by atoms with E-state index in [-0.39, 0.29) is 5.82 Å². The average molecular weight is 380 g/mol. The third kappa shape index (κ3) is 4.09. The van der Waals surface area contributed by atoms with Crippen LogP contribution in [0, 0.1) is 12.7 Å². The fraction of sp³-hybridized carbons (Fsp3) is 0.150. The van der Waals surface area contributed by atoms with Crippen molar-refractivity contribution in [2.24, 2.45) is 0 Å². The van der Waals surface area contributed by atoms with Gasteiger partial charge < -0.3 is 4.52 Å².